The van der Waals surface area contributed by atoms with E-state index in [0.717, 1.165) is 12.1 Å². The lowest BCUT2D eigenvalue weighted by molar-refractivity contribution is -0.137. The fourth-order valence-electron chi connectivity index (χ4n) is 3.79. The maximum Gasteiger partial charge on any atom is 0.416 e. The predicted octanol–water partition coefficient (Wildman–Crippen LogP) is 4.83. The van der Waals surface area contributed by atoms with Crippen LogP contribution >= 0.6 is 0 Å². The van der Waals surface area contributed by atoms with Gasteiger partial charge >= 0.3 is 12.1 Å². The van der Waals surface area contributed by atoms with E-state index in [0.29, 0.717) is 11.4 Å². The third-order valence-corrected chi connectivity index (χ3v) is 5.94. The zero-order valence-corrected chi connectivity index (χ0v) is 21.1. The Balaban J connectivity index is 1.50. The van der Waals surface area contributed by atoms with Crippen molar-refractivity contribution < 1.29 is 27.5 Å². The molecule has 0 saturated heterocycles. The van der Waals surface area contributed by atoms with Crippen molar-refractivity contribution in [3.8, 4) is 5.69 Å². The Morgan fingerprint density at radius 2 is 1.74 bits per heavy atom. The number of halogens is 3. The Morgan fingerprint density at radius 1 is 1.03 bits per heavy atom. The minimum atomic E-state index is -4.55. The topological polar surface area (TPSA) is 107 Å². The maximum atomic E-state index is 13.1. The molecule has 0 saturated carbocycles. The van der Waals surface area contributed by atoms with Crippen LogP contribution in [0.25, 0.3) is 5.69 Å². The Hall–Kier alpha value is -4.87. The number of carbonyl (C=O) groups is 2. The lowest BCUT2D eigenvalue weighted by atomic mass is 10.2. The van der Waals surface area contributed by atoms with E-state index in [-0.39, 0.29) is 22.8 Å². The molecule has 0 aliphatic heterocycles. The first-order valence-electron chi connectivity index (χ1n) is 11.7. The van der Waals surface area contributed by atoms with Crippen molar-refractivity contribution in [2.75, 3.05) is 10.6 Å². The van der Waals surface area contributed by atoms with Gasteiger partial charge < -0.3 is 15.4 Å². The molecule has 2 aromatic carbocycles. The van der Waals surface area contributed by atoms with Crippen LogP contribution in [-0.4, -0.2) is 32.3 Å². The van der Waals surface area contributed by atoms with Gasteiger partial charge in [0.05, 0.1) is 16.9 Å². The van der Waals surface area contributed by atoms with Gasteiger partial charge in [0.2, 0.25) is 0 Å². The molecule has 12 heteroatoms. The largest absolute Gasteiger partial charge is 0.449 e. The summed E-state index contributed by atoms with van der Waals surface area (Å²) in [7, 11) is 1.67. The van der Waals surface area contributed by atoms with E-state index in [1.807, 2.05) is 6.07 Å². The maximum absolute atomic E-state index is 13.1. The lowest BCUT2D eigenvalue weighted by Gasteiger charge is -2.15. The molecule has 0 fully saturated rings. The number of nitrogens with one attached hydrogen (secondary N) is 2. The van der Waals surface area contributed by atoms with E-state index >= 15 is 0 Å². The summed E-state index contributed by atoms with van der Waals surface area (Å²) in [6.07, 6.45) is -4.52. The number of nitrogens with zero attached hydrogens (tertiary/aromatic N) is 3. The van der Waals surface area contributed by atoms with Gasteiger partial charge in [-0.25, -0.2) is 14.5 Å². The molecule has 202 valence electrons. The van der Waals surface area contributed by atoms with Gasteiger partial charge in [-0.05, 0) is 56.3 Å². The van der Waals surface area contributed by atoms with Crippen molar-refractivity contribution in [1.82, 2.24) is 14.3 Å². The second-order valence-corrected chi connectivity index (χ2v) is 8.58. The second kappa shape index (κ2) is 10.9. The van der Waals surface area contributed by atoms with Crippen molar-refractivity contribution in [2.24, 2.45) is 7.05 Å². The number of amides is 1. The molecule has 4 rings (SSSR count). The number of hydrogen-bond acceptors (Lipinski definition) is 6. The van der Waals surface area contributed by atoms with Crippen LogP contribution < -0.4 is 16.2 Å². The Kier molecular flexibility index (Phi) is 7.56. The molecule has 4 aromatic rings. The molecule has 39 heavy (non-hydrogen) atoms. The molecule has 1 amide bonds. The van der Waals surface area contributed by atoms with Gasteiger partial charge in [0.1, 0.15) is 17.1 Å². The summed E-state index contributed by atoms with van der Waals surface area (Å²) >= 11 is 0. The number of rotatable bonds is 7. The highest BCUT2D eigenvalue weighted by molar-refractivity contribution is 5.99. The molecule has 2 N–H and O–H groups in total. The Bertz CT molecular complexity index is 1580. The third kappa shape index (κ3) is 5.84. The first-order valence-corrected chi connectivity index (χ1v) is 11.7. The predicted molar refractivity (Wildman–Crippen MR) is 138 cm³/mol. The van der Waals surface area contributed by atoms with Gasteiger partial charge in [-0.1, -0.05) is 24.3 Å². The number of pyridine rings is 1. The van der Waals surface area contributed by atoms with Crippen LogP contribution in [0.3, 0.4) is 0 Å². The van der Waals surface area contributed by atoms with Crippen molar-refractivity contribution in [2.45, 2.75) is 26.1 Å². The smallest absolute Gasteiger partial charge is 0.416 e. The van der Waals surface area contributed by atoms with Crippen LogP contribution in [0, 0.1) is 6.92 Å². The molecule has 0 aliphatic rings. The van der Waals surface area contributed by atoms with E-state index < -0.39 is 35.3 Å². The van der Waals surface area contributed by atoms with E-state index in [4.69, 9.17) is 4.74 Å². The highest BCUT2D eigenvalue weighted by atomic mass is 19.4. The SMILES string of the molecule is Cc1c(NC(=O)[C@@H](C)OC(=O)c2cccnc2Nc2cccc(C(F)(F)F)c2)c(=O)n(-c2ccccc2)n1C. The number of esters is 1. The van der Waals surface area contributed by atoms with Gasteiger partial charge in [0.25, 0.3) is 11.5 Å². The first-order chi connectivity index (χ1) is 18.5. The normalized spacial score (nSPS) is 12.1. The molecule has 2 heterocycles. The third-order valence-electron chi connectivity index (χ3n) is 5.94. The molecule has 0 aliphatic carbocycles. The highest BCUT2D eigenvalue weighted by Crippen LogP contribution is 2.31. The van der Waals surface area contributed by atoms with Crippen molar-refractivity contribution in [1.29, 1.82) is 0 Å². The molecule has 2 aromatic heterocycles. The van der Waals surface area contributed by atoms with Gasteiger partial charge in [-0.2, -0.15) is 13.2 Å². The molecule has 0 unspecified atom stereocenters. The fraction of sp³-hybridized carbons (Fsp3) is 0.185. The van der Waals surface area contributed by atoms with E-state index in [2.05, 4.69) is 15.6 Å². The molecule has 1 atom stereocenters. The summed E-state index contributed by atoms with van der Waals surface area (Å²) in [5, 5.41) is 5.22. The summed E-state index contributed by atoms with van der Waals surface area (Å²) in [5.41, 5.74) is -0.272. The fourth-order valence-corrected chi connectivity index (χ4v) is 3.79. The molecule has 0 radical (unpaired) electrons. The van der Waals surface area contributed by atoms with Crippen LogP contribution in [0.4, 0.5) is 30.4 Å². The van der Waals surface area contributed by atoms with Gasteiger partial charge in [-0.3, -0.25) is 14.3 Å². The van der Waals surface area contributed by atoms with Crippen molar-refractivity contribution in [3.05, 3.63) is 100 Å². The average molecular weight is 540 g/mol. The molecular weight excluding hydrogens is 515 g/mol. The standard InChI is InChI=1S/C27H24F3N5O4/c1-16-22(25(37)35(34(16)3)20-11-5-4-6-12-20)33-24(36)17(2)39-26(38)21-13-8-14-31-23(21)32-19-10-7-9-18(15-19)27(28,29)30/h4-15,17H,1-3H3,(H,31,32)(H,33,36)/t17-/m1/s1. The van der Waals surface area contributed by atoms with Gasteiger partial charge in [-0.15, -0.1) is 0 Å². The number of para-hydroxylation sites is 1. The number of hydrogen-bond donors (Lipinski definition) is 2. The van der Waals surface area contributed by atoms with Crippen LogP contribution in [0.5, 0.6) is 0 Å². The number of anilines is 3. The zero-order chi connectivity index (χ0) is 28.3. The van der Waals surface area contributed by atoms with Crippen LogP contribution in [0.2, 0.25) is 0 Å². The van der Waals surface area contributed by atoms with Crippen LogP contribution in [0.15, 0.2) is 77.7 Å². The Labute approximate surface area is 220 Å². The number of ether oxygens (including phenoxy) is 1. The van der Waals surface area contributed by atoms with Gasteiger partial charge in [0.15, 0.2) is 6.10 Å². The minimum absolute atomic E-state index is 0.0301. The Morgan fingerprint density at radius 3 is 2.44 bits per heavy atom. The monoisotopic (exact) mass is 539 g/mol. The number of carbonyl (C=O) groups excluding carboxylic acids is 2. The van der Waals surface area contributed by atoms with Gasteiger partial charge in [0, 0.05) is 18.9 Å². The van der Waals surface area contributed by atoms with Crippen LogP contribution in [0.1, 0.15) is 28.5 Å². The van der Waals surface area contributed by atoms with Crippen molar-refractivity contribution >= 4 is 29.1 Å². The number of alkyl halides is 3. The number of benzene rings is 2. The average Bonchev–Trinajstić information content (AvgIpc) is 3.11. The first kappa shape index (κ1) is 27.2. The van der Waals surface area contributed by atoms with E-state index in [1.54, 1.807) is 42.9 Å². The number of aromatic nitrogens is 3. The lowest BCUT2D eigenvalue weighted by Crippen LogP contribution is -2.32. The molecule has 0 bridgehead atoms. The molecular formula is C27H24F3N5O4. The summed E-state index contributed by atoms with van der Waals surface area (Å²) in [4.78, 5) is 42.8. The second-order valence-electron chi connectivity index (χ2n) is 8.58. The minimum Gasteiger partial charge on any atom is -0.449 e. The van der Waals surface area contributed by atoms with Crippen molar-refractivity contribution in [3.63, 3.8) is 0 Å². The quantitative estimate of drug-likeness (QED) is 0.326. The van der Waals surface area contributed by atoms with E-state index in [9.17, 15) is 27.6 Å². The highest BCUT2D eigenvalue weighted by Gasteiger charge is 2.30. The molecule has 9 nitrogen and oxygen atoms in total. The summed E-state index contributed by atoms with van der Waals surface area (Å²) in [5.74, 6) is -1.74. The zero-order valence-electron chi connectivity index (χ0n) is 21.1. The summed E-state index contributed by atoms with van der Waals surface area (Å²) in [6, 6.07) is 16.1. The van der Waals surface area contributed by atoms with Crippen LogP contribution in [-0.2, 0) is 22.8 Å². The summed E-state index contributed by atoms with van der Waals surface area (Å²) in [6.45, 7) is 2.99. The molecule has 0 spiro atoms. The summed E-state index contributed by atoms with van der Waals surface area (Å²) < 4.78 is 47.5. The van der Waals surface area contributed by atoms with E-state index in [1.165, 1.54) is 42.1 Å².